The third-order valence-corrected chi connectivity index (χ3v) is 2.53. The number of nitrogens with two attached hydrogens (primary N) is 1. The molecule has 0 bridgehead atoms. The van der Waals surface area contributed by atoms with Gasteiger partial charge in [-0.15, -0.1) is 0 Å². The Labute approximate surface area is 88.6 Å². The minimum atomic E-state index is -0.0902. The van der Waals surface area contributed by atoms with Crippen molar-refractivity contribution in [3.05, 3.63) is 42.2 Å². The zero-order valence-electron chi connectivity index (χ0n) is 8.43. The molecule has 3 heteroatoms. The fraction of sp³-hybridized carbons (Fsp3) is 0.250. The van der Waals surface area contributed by atoms with Crippen LogP contribution in [0.5, 0.6) is 0 Å². The van der Waals surface area contributed by atoms with Gasteiger partial charge in [0.2, 0.25) is 0 Å². The van der Waals surface area contributed by atoms with Gasteiger partial charge < -0.3 is 10.8 Å². The molecule has 0 fully saturated rings. The second kappa shape index (κ2) is 4.38. The van der Waals surface area contributed by atoms with E-state index in [2.05, 4.69) is 11.1 Å². The van der Waals surface area contributed by atoms with E-state index >= 15 is 0 Å². The third kappa shape index (κ3) is 2.14. The molecular formula is C12H14N2O. The van der Waals surface area contributed by atoms with Crippen LogP contribution >= 0.6 is 0 Å². The number of aliphatic hydroxyl groups is 1. The van der Waals surface area contributed by atoms with Gasteiger partial charge in [0.1, 0.15) is 0 Å². The molecule has 2 rings (SSSR count). The maximum absolute atomic E-state index is 8.82. The Morgan fingerprint density at radius 1 is 1.27 bits per heavy atom. The number of fused-ring (bicyclic) bond motifs is 1. The summed E-state index contributed by atoms with van der Waals surface area (Å²) in [5, 5.41) is 11.1. The Bertz CT molecular complexity index is 456. The van der Waals surface area contributed by atoms with Crippen LogP contribution < -0.4 is 5.73 Å². The fourth-order valence-corrected chi connectivity index (χ4v) is 1.64. The topological polar surface area (TPSA) is 59.1 Å². The van der Waals surface area contributed by atoms with E-state index in [1.807, 2.05) is 24.4 Å². The van der Waals surface area contributed by atoms with Crippen LogP contribution in [0.3, 0.4) is 0 Å². The lowest BCUT2D eigenvalue weighted by molar-refractivity contribution is 0.276. The minimum Gasteiger partial charge on any atom is -0.396 e. The number of aliphatic hydroxyl groups excluding tert-OH is 1. The molecule has 2 aromatic rings. The Balaban J connectivity index is 2.38. The van der Waals surface area contributed by atoms with Crippen molar-refractivity contribution < 1.29 is 5.11 Å². The van der Waals surface area contributed by atoms with E-state index in [4.69, 9.17) is 10.8 Å². The normalized spacial score (nSPS) is 12.9. The van der Waals surface area contributed by atoms with Crippen molar-refractivity contribution in [3.8, 4) is 0 Å². The van der Waals surface area contributed by atoms with Crippen molar-refractivity contribution in [1.29, 1.82) is 0 Å². The van der Waals surface area contributed by atoms with Gasteiger partial charge in [0.25, 0.3) is 0 Å². The minimum absolute atomic E-state index is 0.0902. The molecule has 15 heavy (non-hydrogen) atoms. The summed E-state index contributed by atoms with van der Waals surface area (Å²) in [6.07, 6.45) is 4.19. The average molecular weight is 202 g/mol. The van der Waals surface area contributed by atoms with E-state index in [0.717, 1.165) is 16.3 Å². The lowest BCUT2D eigenvalue weighted by Gasteiger charge is -2.10. The van der Waals surface area contributed by atoms with Crippen molar-refractivity contribution >= 4 is 10.8 Å². The number of hydrogen-bond donors (Lipinski definition) is 2. The molecule has 0 spiro atoms. The summed E-state index contributed by atoms with van der Waals surface area (Å²) in [5.74, 6) is 0. The number of pyridine rings is 1. The van der Waals surface area contributed by atoms with Gasteiger partial charge in [0.05, 0.1) is 0 Å². The Hall–Kier alpha value is -1.45. The number of nitrogens with zero attached hydrogens (tertiary/aromatic N) is 1. The molecule has 0 aliphatic rings. The highest BCUT2D eigenvalue weighted by Gasteiger charge is 2.05. The van der Waals surface area contributed by atoms with E-state index in [9.17, 15) is 0 Å². The van der Waals surface area contributed by atoms with Crippen molar-refractivity contribution in [1.82, 2.24) is 4.98 Å². The highest BCUT2D eigenvalue weighted by atomic mass is 16.3. The Morgan fingerprint density at radius 3 is 2.93 bits per heavy atom. The largest absolute Gasteiger partial charge is 0.396 e. The number of benzene rings is 1. The molecule has 0 saturated carbocycles. The van der Waals surface area contributed by atoms with Gasteiger partial charge in [-0.3, -0.25) is 4.98 Å². The molecule has 0 aliphatic heterocycles. The number of rotatable bonds is 3. The molecule has 1 atom stereocenters. The zero-order valence-corrected chi connectivity index (χ0v) is 8.43. The van der Waals surface area contributed by atoms with Gasteiger partial charge in [-0.1, -0.05) is 12.1 Å². The summed E-state index contributed by atoms with van der Waals surface area (Å²) < 4.78 is 0. The maximum Gasteiger partial charge on any atom is 0.0449 e. The summed E-state index contributed by atoms with van der Waals surface area (Å²) in [6.45, 7) is 0.121. The monoisotopic (exact) mass is 202 g/mol. The van der Waals surface area contributed by atoms with E-state index < -0.39 is 0 Å². The smallest absolute Gasteiger partial charge is 0.0449 e. The SMILES string of the molecule is NC(CCO)c1ccc2cnccc2c1. The van der Waals surface area contributed by atoms with Gasteiger partial charge in [0, 0.05) is 30.4 Å². The molecule has 1 aromatic heterocycles. The summed E-state index contributed by atoms with van der Waals surface area (Å²) in [6, 6.07) is 7.92. The second-order valence-corrected chi connectivity index (χ2v) is 3.60. The summed E-state index contributed by atoms with van der Waals surface area (Å²) in [4.78, 5) is 4.05. The van der Waals surface area contributed by atoms with Gasteiger partial charge in [-0.05, 0) is 29.5 Å². The molecule has 3 N–H and O–H groups in total. The van der Waals surface area contributed by atoms with Gasteiger partial charge in [-0.2, -0.15) is 0 Å². The first-order valence-corrected chi connectivity index (χ1v) is 5.01. The van der Waals surface area contributed by atoms with E-state index in [1.165, 1.54) is 0 Å². The first kappa shape index (κ1) is 10.1. The van der Waals surface area contributed by atoms with Crippen molar-refractivity contribution in [2.24, 2.45) is 5.73 Å². The number of aromatic nitrogens is 1. The van der Waals surface area contributed by atoms with Gasteiger partial charge >= 0.3 is 0 Å². The Kier molecular flexibility index (Phi) is 2.94. The van der Waals surface area contributed by atoms with Crippen LogP contribution in [-0.4, -0.2) is 16.7 Å². The van der Waals surface area contributed by atoms with Crippen LogP contribution in [0.25, 0.3) is 10.8 Å². The molecule has 1 unspecified atom stereocenters. The predicted molar refractivity (Wildman–Crippen MR) is 60.4 cm³/mol. The number of hydrogen-bond acceptors (Lipinski definition) is 3. The molecular weight excluding hydrogens is 188 g/mol. The van der Waals surface area contributed by atoms with E-state index in [1.54, 1.807) is 6.20 Å². The summed E-state index contributed by atoms with van der Waals surface area (Å²) >= 11 is 0. The van der Waals surface area contributed by atoms with Crippen LogP contribution in [0.4, 0.5) is 0 Å². The van der Waals surface area contributed by atoms with Crippen molar-refractivity contribution in [2.75, 3.05) is 6.61 Å². The molecule has 0 amide bonds. The highest BCUT2D eigenvalue weighted by Crippen LogP contribution is 2.19. The fourth-order valence-electron chi connectivity index (χ4n) is 1.64. The van der Waals surface area contributed by atoms with E-state index in [0.29, 0.717) is 6.42 Å². The molecule has 1 aromatic carbocycles. The van der Waals surface area contributed by atoms with Gasteiger partial charge in [-0.25, -0.2) is 0 Å². The maximum atomic E-state index is 8.82. The van der Waals surface area contributed by atoms with Crippen LogP contribution in [-0.2, 0) is 0 Å². The third-order valence-electron chi connectivity index (χ3n) is 2.53. The van der Waals surface area contributed by atoms with Crippen molar-refractivity contribution in [2.45, 2.75) is 12.5 Å². The molecule has 78 valence electrons. The van der Waals surface area contributed by atoms with Crippen LogP contribution in [0.1, 0.15) is 18.0 Å². The van der Waals surface area contributed by atoms with Crippen LogP contribution in [0.15, 0.2) is 36.7 Å². The van der Waals surface area contributed by atoms with Gasteiger partial charge in [0.15, 0.2) is 0 Å². The van der Waals surface area contributed by atoms with E-state index in [-0.39, 0.29) is 12.6 Å². The molecule has 0 saturated heterocycles. The predicted octanol–water partition coefficient (Wildman–Crippen LogP) is 1.62. The first-order valence-electron chi connectivity index (χ1n) is 5.01. The quantitative estimate of drug-likeness (QED) is 0.795. The zero-order chi connectivity index (χ0) is 10.7. The van der Waals surface area contributed by atoms with Crippen LogP contribution in [0, 0.1) is 0 Å². The summed E-state index contributed by atoms with van der Waals surface area (Å²) in [5.41, 5.74) is 6.98. The lowest BCUT2D eigenvalue weighted by Crippen LogP contribution is -2.11. The Morgan fingerprint density at radius 2 is 2.13 bits per heavy atom. The van der Waals surface area contributed by atoms with Crippen LogP contribution in [0.2, 0.25) is 0 Å². The molecule has 3 nitrogen and oxygen atoms in total. The highest BCUT2D eigenvalue weighted by molar-refractivity contribution is 5.82. The molecule has 0 aliphatic carbocycles. The summed E-state index contributed by atoms with van der Waals surface area (Å²) in [7, 11) is 0. The molecule has 1 heterocycles. The van der Waals surface area contributed by atoms with Crippen molar-refractivity contribution in [3.63, 3.8) is 0 Å². The second-order valence-electron chi connectivity index (χ2n) is 3.60. The first-order chi connectivity index (χ1) is 7.31. The lowest BCUT2D eigenvalue weighted by atomic mass is 10.0. The average Bonchev–Trinajstić information content (AvgIpc) is 2.29. The standard InChI is InChI=1S/C12H14N2O/c13-12(4-6-15)10-1-2-11-8-14-5-3-9(11)7-10/h1-3,5,7-8,12,15H,4,6,13H2. The molecule has 0 radical (unpaired) electrons.